The van der Waals surface area contributed by atoms with Crippen LogP contribution in [0.2, 0.25) is 0 Å². The van der Waals surface area contributed by atoms with Crippen LogP contribution in [0, 0.1) is 0 Å². The molecule has 0 aliphatic heterocycles. The highest BCUT2D eigenvalue weighted by atomic mass is 16.3. The molecule has 8 rings (SSSR count). The van der Waals surface area contributed by atoms with Crippen molar-refractivity contribution in [3.05, 3.63) is 158 Å². The summed E-state index contributed by atoms with van der Waals surface area (Å²) in [5, 5.41) is 6.17. The van der Waals surface area contributed by atoms with E-state index >= 15 is 0 Å². The minimum atomic E-state index is 0.890. The van der Waals surface area contributed by atoms with Crippen molar-refractivity contribution in [2.45, 2.75) is 0 Å². The van der Waals surface area contributed by atoms with Crippen LogP contribution in [0.25, 0.3) is 77.2 Å². The molecular weight excluding hydrogens is 496 g/mol. The van der Waals surface area contributed by atoms with E-state index in [1.54, 1.807) is 0 Å². The molecule has 41 heavy (non-hydrogen) atoms. The van der Waals surface area contributed by atoms with Gasteiger partial charge in [0.1, 0.15) is 11.3 Å². The van der Waals surface area contributed by atoms with Crippen molar-refractivity contribution < 1.29 is 4.42 Å². The zero-order valence-electron chi connectivity index (χ0n) is 22.4. The normalized spacial score (nSPS) is 11.4. The van der Waals surface area contributed by atoms with Gasteiger partial charge in [0, 0.05) is 16.5 Å². The molecule has 1 aromatic heterocycles. The van der Waals surface area contributed by atoms with Gasteiger partial charge < -0.3 is 4.42 Å². The maximum absolute atomic E-state index is 6.43. The molecule has 1 heteroatoms. The summed E-state index contributed by atoms with van der Waals surface area (Å²) in [7, 11) is 0. The number of furan rings is 1. The third-order valence-corrected chi connectivity index (χ3v) is 8.08. The lowest BCUT2D eigenvalue weighted by molar-refractivity contribution is 0.632. The van der Waals surface area contributed by atoms with Gasteiger partial charge in [-0.15, -0.1) is 0 Å². The van der Waals surface area contributed by atoms with Crippen LogP contribution in [0.1, 0.15) is 0 Å². The molecule has 0 bridgehead atoms. The fourth-order valence-electron chi connectivity index (χ4n) is 6.21. The zero-order chi connectivity index (χ0) is 27.2. The summed E-state index contributed by atoms with van der Waals surface area (Å²) >= 11 is 0. The molecule has 0 saturated carbocycles. The Labute approximate surface area is 238 Å². The lowest BCUT2D eigenvalue weighted by Crippen LogP contribution is -1.90. The lowest BCUT2D eigenvalue weighted by atomic mass is 9.86. The third-order valence-electron chi connectivity index (χ3n) is 8.08. The van der Waals surface area contributed by atoms with Crippen molar-refractivity contribution >= 4 is 32.5 Å². The van der Waals surface area contributed by atoms with Crippen molar-refractivity contribution in [2.75, 3.05) is 0 Å². The second-order valence-corrected chi connectivity index (χ2v) is 10.5. The summed E-state index contributed by atoms with van der Waals surface area (Å²) in [5.41, 5.74) is 9.25. The van der Waals surface area contributed by atoms with E-state index < -0.39 is 0 Å². The third kappa shape index (κ3) is 3.94. The van der Waals surface area contributed by atoms with Gasteiger partial charge in [0.2, 0.25) is 0 Å². The van der Waals surface area contributed by atoms with Crippen LogP contribution in [0.3, 0.4) is 0 Å². The van der Waals surface area contributed by atoms with Crippen LogP contribution in [-0.2, 0) is 0 Å². The molecule has 0 N–H and O–H groups in total. The number of hydrogen-bond donors (Lipinski definition) is 0. The van der Waals surface area contributed by atoms with Crippen molar-refractivity contribution in [1.82, 2.24) is 0 Å². The highest BCUT2D eigenvalue weighted by molar-refractivity contribution is 6.21. The molecule has 0 spiro atoms. The minimum Gasteiger partial charge on any atom is -0.455 e. The molecular formula is C40H26O. The van der Waals surface area contributed by atoms with Crippen LogP contribution >= 0.6 is 0 Å². The Morgan fingerprint density at radius 3 is 1.37 bits per heavy atom. The van der Waals surface area contributed by atoms with Crippen molar-refractivity contribution in [3.8, 4) is 44.7 Å². The van der Waals surface area contributed by atoms with E-state index in [4.69, 9.17) is 4.42 Å². The Kier molecular flexibility index (Phi) is 5.53. The van der Waals surface area contributed by atoms with Gasteiger partial charge in [-0.3, -0.25) is 0 Å². The zero-order valence-corrected chi connectivity index (χ0v) is 22.4. The molecule has 8 aromatic rings. The minimum absolute atomic E-state index is 0.890. The van der Waals surface area contributed by atoms with E-state index in [9.17, 15) is 0 Å². The highest BCUT2D eigenvalue weighted by Crippen LogP contribution is 2.44. The van der Waals surface area contributed by atoms with E-state index in [2.05, 4.69) is 140 Å². The highest BCUT2D eigenvalue weighted by Gasteiger charge is 2.17. The van der Waals surface area contributed by atoms with Gasteiger partial charge in [-0.05, 0) is 55.4 Å². The predicted molar refractivity (Wildman–Crippen MR) is 173 cm³/mol. The smallest absolute Gasteiger partial charge is 0.142 e. The summed E-state index contributed by atoms with van der Waals surface area (Å²) in [6.07, 6.45) is 0. The van der Waals surface area contributed by atoms with Gasteiger partial charge in [0.05, 0.1) is 0 Å². The predicted octanol–water partition coefficient (Wildman–Crippen LogP) is 11.4. The summed E-state index contributed by atoms with van der Waals surface area (Å²) in [5.74, 6) is 0.890. The summed E-state index contributed by atoms with van der Waals surface area (Å²) < 4.78 is 6.43. The maximum atomic E-state index is 6.43. The number of benzene rings is 7. The first-order valence-electron chi connectivity index (χ1n) is 14.0. The van der Waals surface area contributed by atoms with Crippen LogP contribution in [0.5, 0.6) is 0 Å². The van der Waals surface area contributed by atoms with Crippen LogP contribution in [0.15, 0.2) is 162 Å². The summed E-state index contributed by atoms with van der Waals surface area (Å²) in [6.45, 7) is 0. The van der Waals surface area contributed by atoms with E-state index in [0.29, 0.717) is 0 Å². The molecule has 0 fully saturated rings. The largest absolute Gasteiger partial charge is 0.455 e. The van der Waals surface area contributed by atoms with Crippen LogP contribution in [-0.4, -0.2) is 0 Å². The first kappa shape index (κ1) is 23.5. The molecule has 0 aliphatic carbocycles. The first-order chi connectivity index (χ1) is 20.3. The van der Waals surface area contributed by atoms with Gasteiger partial charge in [0.15, 0.2) is 0 Å². The Bertz CT molecular complexity index is 2110. The molecule has 7 aromatic carbocycles. The first-order valence-corrected chi connectivity index (χ1v) is 14.0. The van der Waals surface area contributed by atoms with E-state index in [1.807, 2.05) is 18.2 Å². The van der Waals surface area contributed by atoms with Gasteiger partial charge in [-0.25, -0.2) is 0 Å². The van der Waals surface area contributed by atoms with Crippen molar-refractivity contribution in [3.63, 3.8) is 0 Å². The second kappa shape index (κ2) is 9.66. The average Bonchev–Trinajstić information content (AvgIpc) is 3.49. The molecule has 0 amide bonds. The second-order valence-electron chi connectivity index (χ2n) is 10.5. The molecule has 192 valence electrons. The summed E-state index contributed by atoms with van der Waals surface area (Å²) in [6, 6.07) is 56.1. The average molecular weight is 523 g/mol. The number of rotatable bonds is 4. The Morgan fingerprint density at radius 1 is 0.341 bits per heavy atom. The van der Waals surface area contributed by atoms with E-state index in [0.717, 1.165) is 33.4 Å². The molecule has 0 saturated heterocycles. The topological polar surface area (TPSA) is 13.1 Å². The van der Waals surface area contributed by atoms with Crippen molar-refractivity contribution in [1.29, 1.82) is 0 Å². The van der Waals surface area contributed by atoms with Gasteiger partial charge in [0.25, 0.3) is 0 Å². The number of fused-ring (bicyclic) bond motifs is 3. The standard InChI is InChI=1S/C40H26O/c1-3-12-28(13-4-1)37-26-31-16-11-21-32(40(31)41-37)27-22-24-30(25-23-27)39-35-19-9-7-17-33(35)38(29-14-5-2-6-15-29)34-18-8-10-20-36(34)39/h1-26H. The Morgan fingerprint density at radius 2 is 0.805 bits per heavy atom. The number of hydrogen-bond acceptors (Lipinski definition) is 1. The fraction of sp³-hybridized carbons (Fsp3) is 0. The SMILES string of the molecule is c1ccc(-c2cc3cccc(-c4ccc(-c5c6ccccc6c(-c6ccccc6)c6ccccc56)cc4)c3o2)cc1. The summed E-state index contributed by atoms with van der Waals surface area (Å²) in [4.78, 5) is 0. The molecule has 1 heterocycles. The molecule has 0 aliphatic rings. The van der Waals surface area contributed by atoms with Crippen molar-refractivity contribution in [2.24, 2.45) is 0 Å². The quantitative estimate of drug-likeness (QED) is 0.210. The van der Waals surface area contributed by atoms with Gasteiger partial charge in [-0.2, -0.15) is 0 Å². The van der Waals surface area contributed by atoms with Gasteiger partial charge >= 0.3 is 0 Å². The molecule has 1 nitrogen and oxygen atoms in total. The van der Waals surface area contributed by atoms with Crippen LogP contribution < -0.4 is 0 Å². The molecule has 0 unspecified atom stereocenters. The Balaban J connectivity index is 1.30. The van der Waals surface area contributed by atoms with Gasteiger partial charge in [-0.1, -0.05) is 152 Å². The number of para-hydroxylation sites is 1. The lowest BCUT2D eigenvalue weighted by Gasteiger charge is -2.18. The maximum Gasteiger partial charge on any atom is 0.142 e. The molecule has 0 radical (unpaired) electrons. The fourth-order valence-corrected chi connectivity index (χ4v) is 6.21. The monoisotopic (exact) mass is 522 g/mol. The molecule has 0 atom stereocenters. The van der Waals surface area contributed by atoms with E-state index in [1.165, 1.54) is 43.8 Å². The van der Waals surface area contributed by atoms with E-state index in [-0.39, 0.29) is 0 Å². The van der Waals surface area contributed by atoms with Crippen LogP contribution in [0.4, 0.5) is 0 Å². The Hall–Kier alpha value is -5.40.